The minimum Gasteiger partial charge on any atom is -0.294 e. The molecule has 82 valence electrons. The van der Waals surface area contributed by atoms with Crippen molar-refractivity contribution in [1.82, 2.24) is 10.2 Å². The first-order valence-electron chi connectivity index (χ1n) is 5.36. The number of nitrogens with zero attached hydrogens (tertiary/aromatic N) is 1. The molecule has 1 heterocycles. The lowest BCUT2D eigenvalue weighted by Gasteiger charge is -1.99. The molecule has 3 nitrogen and oxygen atoms in total. The number of carbonyl (C=O) groups excluding carboxylic acids is 1. The number of hydrogen-bond donors (Lipinski definition) is 1. The minimum absolute atomic E-state index is 0.171. The van der Waals surface area contributed by atoms with Crippen LogP contribution in [0.3, 0.4) is 0 Å². The molecule has 2 rings (SSSR count). The van der Waals surface area contributed by atoms with Crippen molar-refractivity contribution in [2.75, 3.05) is 0 Å². The van der Waals surface area contributed by atoms with Gasteiger partial charge in [-0.05, 0) is 13.0 Å². The fraction of sp³-hybridized carbons (Fsp3) is 0.231. The number of Topliss-reactive ketones (excluding diaryl/α,β-unsaturated/α-hetero) is 1. The number of nitrogens with one attached hydrogen (secondary N) is 1. The molecule has 0 radical (unpaired) electrons. The van der Waals surface area contributed by atoms with Crippen LogP contribution >= 0.6 is 0 Å². The average molecular weight is 214 g/mol. The third-order valence-electron chi connectivity index (χ3n) is 2.53. The summed E-state index contributed by atoms with van der Waals surface area (Å²) in [4.78, 5) is 11.4. The lowest BCUT2D eigenvalue weighted by molar-refractivity contribution is 0.0988. The molecule has 0 aliphatic rings. The lowest BCUT2D eigenvalue weighted by atomic mass is 10.1. The van der Waals surface area contributed by atoms with Crippen LogP contribution in [0.4, 0.5) is 0 Å². The van der Waals surface area contributed by atoms with Crippen LogP contribution in [0.2, 0.25) is 0 Å². The Hall–Kier alpha value is -1.90. The fourth-order valence-electron chi connectivity index (χ4n) is 1.60. The number of carbonyl (C=O) groups is 1. The molecular formula is C13H14N2O. The number of hydrogen-bond acceptors (Lipinski definition) is 2. The first-order valence-corrected chi connectivity index (χ1v) is 5.36. The quantitative estimate of drug-likeness (QED) is 0.798. The Morgan fingerprint density at radius 2 is 2.00 bits per heavy atom. The van der Waals surface area contributed by atoms with E-state index in [1.807, 2.05) is 44.2 Å². The molecule has 0 saturated heterocycles. The molecule has 0 amide bonds. The van der Waals surface area contributed by atoms with Gasteiger partial charge in [-0.3, -0.25) is 9.89 Å². The largest absolute Gasteiger partial charge is 0.294 e. The second-order valence-corrected chi connectivity index (χ2v) is 3.79. The maximum atomic E-state index is 11.4. The molecule has 3 heteroatoms. The van der Waals surface area contributed by atoms with Gasteiger partial charge in [0.25, 0.3) is 0 Å². The van der Waals surface area contributed by atoms with E-state index < -0.39 is 0 Å². The van der Waals surface area contributed by atoms with Crippen molar-refractivity contribution in [1.29, 1.82) is 0 Å². The summed E-state index contributed by atoms with van der Waals surface area (Å²) in [6.45, 7) is 3.83. The third-order valence-corrected chi connectivity index (χ3v) is 2.53. The summed E-state index contributed by atoms with van der Waals surface area (Å²) in [5, 5.41) is 7.07. The highest BCUT2D eigenvalue weighted by Crippen LogP contribution is 2.18. The maximum Gasteiger partial charge on any atom is 0.162 e. The van der Waals surface area contributed by atoms with Crippen LogP contribution < -0.4 is 0 Å². The highest BCUT2D eigenvalue weighted by atomic mass is 16.1. The third kappa shape index (κ3) is 2.03. The molecule has 1 aromatic carbocycles. The molecule has 0 unspecified atom stereocenters. The van der Waals surface area contributed by atoms with Crippen LogP contribution in [0.5, 0.6) is 0 Å². The van der Waals surface area contributed by atoms with E-state index in [9.17, 15) is 4.79 Å². The van der Waals surface area contributed by atoms with Crippen LogP contribution in [0, 0.1) is 6.92 Å². The van der Waals surface area contributed by atoms with Crippen LogP contribution in [-0.4, -0.2) is 16.0 Å². The molecule has 2 aromatic rings. The topological polar surface area (TPSA) is 45.8 Å². The van der Waals surface area contributed by atoms with E-state index in [-0.39, 0.29) is 5.78 Å². The van der Waals surface area contributed by atoms with Gasteiger partial charge in [0.2, 0.25) is 0 Å². The van der Waals surface area contributed by atoms with E-state index >= 15 is 0 Å². The van der Waals surface area contributed by atoms with Gasteiger partial charge in [0.1, 0.15) is 0 Å². The minimum atomic E-state index is 0.171. The Labute approximate surface area is 94.5 Å². The lowest BCUT2D eigenvalue weighted by Crippen LogP contribution is -1.95. The Kier molecular flexibility index (Phi) is 2.86. The number of rotatable bonds is 3. The van der Waals surface area contributed by atoms with E-state index in [4.69, 9.17) is 0 Å². The highest BCUT2D eigenvalue weighted by Gasteiger charge is 2.05. The Morgan fingerprint density at radius 1 is 1.31 bits per heavy atom. The van der Waals surface area contributed by atoms with Gasteiger partial charge in [0.05, 0.1) is 5.69 Å². The second-order valence-electron chi connectivity index (χ2n) is 3.79. The Morgan fingerprint density at radius 3 is 2.50 bits per heavy atom. The molecule has 0 aliphatic carbocycles. The molecular weight excluding hydrogens is 200 g/mol. The number of aryl methyl sites for hydroxylation is 1. The fourth-order valence-corrected chi connectivity index (χ4v) is 1.60. The molecule has 0 bridgehead atoms. The summed E-state index contributed by atoms with van der Waals surface area (Å²) in [5.41, 5.74) is 3.73. The van der Waals surface area contributed by atoms with Crippen LogP contribution in [0.25, 0.3) is 11.3 Å². The van der Waals surface area contributed by atoms with Crippen LogP contribution in [0.1, 0.15) is 29.4 Å². The number of aromatic nitrogens is 2. The number of aromatic amines is 1. The SMILES string of the molecule is CCC(=O)c1ccc(-c2cc(C)[nH]n2)cc1. The molecule has 0 spiro atoms. The van der Waals surface area contributed by atoms with E-state index in [1.54, 1.807) is 0 Å². The maximum absolute atomic E-state index is 11.4. The zero-order valence-electron chi connectivity index (χ0n) is 9.45. The van der Waals surface area contributed by atoms with Crippen molar-refractivity contribution in [3.05, 3.63) is 41.6 Å². The molecule has 16 heavy (non-hydrogen) atoms. The molecule has 0 aliphatic heterocycles. The molecule has 0 fully saturated rings. The molecule has 1 aromatic heterocycles. The number of benzene rings is 1. The summed E-state index contributed by atoms with van der Waals surface area (Å²) < 4.78 is 0. The zero-order valence-corrected chi connectivity index (χ0v) is 9.45. The second kappa shape index (κ2) is 4.31. The summed E-state index contributed by atoms with van der Waals surface area (Å²) in [7, 11) is 0. The standard InChI is InChI=1S/C13H14N2O/c1-3-13(16)11-6-4-10(5-7-11)12-8-9(2)14-15-12/h4-8H,3H2,1-2H3,(H,14,15). The van der Waals surface area contributed by atoms with Gasteiger partial charge in [0, 0.05) is 23.2 Å². The van der Waals surface area contributed by atoms with Crippen molar-refractivity contribution in [2.45, 2.75) is 20.3 Å². The predicted octanol–water partition coefficient (Wildman–Crippen LogP) is 2.98. The molecule has 0 saturated carbocycles. The summed E-state index contributed by atoms with van der Waals surface area (Å²) in [6, 6.07) is 9.55. The van der Waals surface area contributed by atoms with Gasteiger partial charge in [-0.15, -0.1) is 0 Å². The van der Waals surface area contributed by atoms with Crippen molar-refractivity contribution < 1.29 is 4.79 Å². The summed E-state index contributed by atoms with van der Waals surface area (Å²) in [5.74, 6) is 0.171. The smallest absolute Gasteiger partial charge is 0.162 e. The highest BCUT2D eigenvalue weighted by molar-refractivity contribution is 5.96. The Balaban J connectivity index is 2.29. The monoisotopic (exact) mass is 214 g/mol. The van der Waals surface area contributed by atoms with E-state index in [0.717, 1.165) is 22.5 Å². The first-order chi connectivity index (χ1) is 7.70. The number of ketones is 1. The van der Waals surface area contributed by atoms with Gasteiger partial charge >= 0.3 is 0 Å². The van der Waals surface area contributed by atoms with Crippen molar-refractivity contribution in [2.24, 2.45) is 0 Å². The van der Waals surface area contributed by atoms with E-state index in [0.29, 0.717) is 6.42 Å². The van der Waals surface area contributed by atoms with Gasteiger partial charge in [-0.2, -0.15) is 5.10 Å². The first kappa shape index (κ1) is 10.6. The van der Waals surface area contributed by atoms with Crippen molar-refractivity contribution in [3.8, 4) is 11.3 Å². The van der Waals surface area contributed by atoms with Crippen molar-refractivity contribution >= 4 is 5.78 Å². The Bertz CT molecular complexity index is 497. The van der Waals surface area contributed by atoms with Crippen LogP contribution in [0.15, 0.2) is 30.3 Å². The van der Waals surface area contributed by atoms with Gasteiger partial charge in [0.15, 0.2) is 5.78 Å². The zero-order chi connectivity index (χ0) is 11.5. The van der Waals surface area contributed by atoms with Gasteiger partial charge < -0.3 is 0 Å². The molecule has 0 atom stereocenters. The predicted molar refractivity (Wildman–Crippen MR) is 63.4 cm³/mol. The van der Waals surface area contributed by atoms with E-state index in [1.165, 1.54) is 0 Å². The summed E-state index contributed by atoms with van der Waals surface area (Å²) in [6.07, 6.45) is 0.543. The normalized spacial score (nSPS) is 10.4. The van der Waals surface area contributed by atoms with Crippen molar-refractivity contribution in [3.63, 3.8) is 0 Å². The average Bonchev–Trinajstić information content (AvgIpc) is 2.75. The summed E-state index contributed by atoms with van der Waals surface area (Å²) >= 11 is 0. The molecule has 1 N–H and O–H groups in total. The van der Waals surface area contributed by atoms with Crippen LogP contribution in [-0.2, 0) is 0 Å². The number of H-pyrrole nitrogens is 1. The van der Waals surface area contributed by atoms with Gasteiger partial charge in [-0.1, -0.05) is 31.2 Å². The van der Waals surface area contributed by atoms with Gasteiger partial charge in [-0.25, -0.2) is 0 Å². The van der Waals surface area contributed by atoms with E-state index in [2.05, 4.69) is 10.2 Å².